The fourth-order valence-corrected chi connectivity index (χ4v) is 16.2. The van der Waals surface area contributed by atoms with E-state index in [1.807, 2.05) is 11.3 Å². The summed E-state index contributed by atoms with van der Waals surface area (Å²) < 4.78 is 7.57. The monoisotopic (exact) mass is 774 g/mol. The Morgan fingerprint density at radius 1 is 0.397 bits per heavy atom. The van der Waals surface area contributed by atoms with Gasteiger partial charge in [0.05, 0.1) is 22.1 Å². The van der Waals surface area contributed by atoms with Crippen molar-refractivity contribution in [1.29, 1.82) is 0 Å². The summed E-state index contributed by atoms with van der Waals surface area (Å²) in [7, 11) is -2.77. The highest BCUT2D eigenvalue weighted by Gasteiger charge is 2.43. The summed E-state index contributed by atoms with van der Waals surface area (Å²) in [6, 6.07) is 70.7. The van der Waals surface area contributed by atoms with Crippen molar-refractivity contribution in [2.24, 2.45) is 0 Å². The summed E-state index contributed by atoms with van der Waals surface area (Å²) in [6.45, 7) is 0. The number of aromatic nitrogens is 2. The first-order valence-electron chi connectivity index (χ1n) is 20.2. The van der Waals surface area contributed by atoms with Crippen LogP contribution in [0.25, 0.3) is 75.2 Å². The maximum Gasteiger partial charge on any atom is 0.175 e. The average Bonchev–Trinajstić information content (AvgIpc) is 3.94. The van der Waals surface area contributed by atoms with Gasteiger partial charge in [-0.05, 0) is 89.1 Å². The normalized spacial score (nSPS) is 14.2. The SMILES string of the molecule is C1=CCCC([Si](c2ccccc2)(c2ccc(-n3c4ccccc4c4cc5c(cc43)sc3ccccc35)cc2)c2ccc3c(c2)c2ccccc2n3-c2ccccc2)=C1. The zero-order valence-electron chi connectivity index (χ0n) is 31.8. The van der Waals surface area contributed by atoms with E-state index >= 15 is 0 Å². The third-order valence-corrected chi connectivity index (χ3v) is 18.6. The van der Waals surface area contributed by atoms with Crippen molar-refractivity contribution in [2.45, 2.75) is 12.8 Å². The molecule has 0 saturated carbocycles. The van der Waals surface area contributed by atoms with Gasteiger partial charge in [-0.2, -0.15) is 0 Å². The van der Waals surface area contributed by atoms with E-state index in [-0.39, 0.29) is 0 Å². The molecule has 1 atom stereocenters. The lowest BCUT2D eigenvalue weighted by atomic mass is 10.1. The maximum absolute atomic E-state index is 2.77. The topological polar surface area (TPSA) is 9.86 Å². The second-order valence-electron chi connectivity index (χ2n) is 15.6. The van der Waals surface area contributed by atoms with Gasteiger partial charge < -0.3 is 9.13 Å². The predicted molar refractivity (Wildman–Crippen MR) is 252 cm³/mol. The van der Waals surface area contributed by atoms with Crippen molar-refractivity contribution in [2.75, 3.05) is 0 Å². The molecule has 0 amide bonds. The molecule has 3 heterocycles. The van der Waals surface area contributed by atoms with Crippen molar-refractivity contribution < 1.29 is 0 Å². The molecule has 3 aromatic heterocycles. The Hall–Kier alpha value is -6.72. The van der Waals surface area contributed by atoms with Gasteiger partial charge in [0.25, 0.3) is 0 Å². The number of rotatable bonds is 6. The number of para-hydroxylation sites is 3. The minimum absolute atomic E-state index is 1.04. The molecule has 0 spiro atoms. The molecule has 274 valence electrons. The van der Waals surface area contributed by atoms with Crippen molar-refractivity contribution >= 4 is 98.8 Å². The second-order valence-corrected chi connectivity index (χ2v) is 20.5. The van der Waals surface area contributed by atoms with Crippen molar-refractivity contribution in [3.05, 3.63) is 211 Å². The van der Waals surface area contributed by atoms with Gasteiger partial charge in [-0.15, -0.1) is 11.3 Å². The van der Waals surface area contributed by atoms with Gasteiger partial charge >= 0.3 is 0 Å². The van der Waals surface area contributed by atoms with Gasteiger partial charge in [-0.3, -0.25) is 0 Å². The first-order chi connectivity index (χ1) is 28.8. The van der Waals surface area contributed by atoms with Crippen LogP contribution in [0.4, 0.5) is 0 Å². The smallest absolute Gasteiger partial charge is 0.175 e. The van der Waals surface area contributed by atoms with Crippen molar-refractivity contribution in [3.63, 3.8) is 0 Å². The van der Waals surface area contributed by atoms with Crippen LogP contribution in [0.15, 0.2) is 211 Å². The summed E-state index contributed by atoms with van der Waals surface area (Å²) in [6.07, 6.45) is 9.15. The van der Waals surface area contributed by atoms with Crippen molar-refractivity contribution in [3.8, 4) is 11.4 Å². The number of hydrogen-bond donors (Lipinski definition) is 0. The van der Waals surface area contributed by atoms with Crippen LogP contribution >= 0.6 is 11.3 Å². The van der Waals surface area contributed by atoms with Crippen LogP contribution in [0.1, 0.15) is 12.8 Å². The van der Waals surface area contributed by atoms with Crippen LogP contribution in [0.5, 0.6) is 0 Å². The summed E-state index contributed by atoms with van der Waals surface area (Å²) in [5.41, 5.74) is 7.32. The van der Waals surface area contributed by atoms with E-state index < -0.39 is 8.07 Å². The van der Waals surface area contributed by atoms with E-state index in [1.54, 1.807) is 5.20 Å². The molecule has 0 N–H and O–H groups in total. The van der Waals surface area contributed by atoms with E-state index in [0.717, 1.165) is 12.8 Å². The second kappa shape index (κ2) is 13.2. The van der Waals surface area contributed by atoms with E-state index in [1.165, 1.54) is 90.7 Å². The zero-order valence-corrected chi connectivity index (χ0v) is 33.7. The molecule has 0 fully saturated rings. The molecule has 0 saturated heterocycles. The first-order valence-corrected chi connectivity index (χ1v) is 23.1. The highest BCUT2D eigenvalue weighted by molar-refractivity contribution is 7.25. The molecule has 4 heteroatoms. The number of hydrogen-bond acceptors (Lipinski definition) is 1. The molecular formula is C54H38N2SSi. The van der Waals surface area contributed by atoms with Crippen LogP contribution in [-0.4, -0.2) is 17.2 Å². The molecule has 12 rings (SSSR count). The minimum Gasteiger partial charge on any atom is -0.309 e. The lowest BCUT2D eigenvalue weighted by molar-refractivity contribution is 1.01. The highest BCUT2D eigenvalue weighted by Crippen LogP contribution is 2.41. The lowest BCUT2D eigenvalue weighted by Gasteiger charge is -2.37. The predicted octanol–water partition coefficient (Wildman–Crippen LogP) is 12.5. The number of fused-ring (bicyclic) bond motifs is 9. The zero-order chi connectivity index (χ0) is 38.2. The van der Waals surface area contributed by atoms with E-state index in [2.05, 4.69) is 215 Å². The third kappa shape index (κ3) is 4.89. The maximum atomic E-state index is 2.55. The van der Waals surface area contributed by atoms with Crippen LogP contribution in [0.3, 0.4) is 0 Å². The Kier molecular flexibility index (Phi) is 7.59. The molecule has 8 aromatic carbocycles. The van der Waals surface area contributed by atoms with E-state index in [4.69, 9.17) is 0 Å². The van der Waals surface area contributed by atoms with Crippen LogP contribution in [-0.2, 0) is 0 Å². The summed E-state index contributed by atoms with van der Waals surface area (Å²) >= 11 is 1.89. The lowest BCUT2D eigenvalue weighted by Crippen LogP contribution is -2.68. The molecule has 0 aliphatic heterocycles. The highest BCUT2D eigenvalue weighted by atomic mass is 32.1. The van der Waals surface area contributed by atoms with Crippen LogP contribution in [0, 0.1) is 0 Å². The number of nitrogens with zero attached hydrogens (tertiary/aromatic N) is 2. The molecule has 0 radical (unpaired) electrons. The fraction of sp³-hybridized carbons (Fsp3) is 0.0370. The number of allylic oxidation sites excluding steroid dienone is 4. The Bertz CT molecular complexity index is 3440. The Balaban J connectivity index is 1.10. The van der Waals surface area contributed by atoms with Crippen LogP contribution < -0.4 is 15.6 Å². The molecule has 1 aliphatic carbocycles. The quantitative estimate of drug-likeness (QED) is 0.118. The van der Waals surface area contributed by atoms with Gasteiger partial charge in [-0.1, -0.05) is 151 Å². The Morgan fingerprint density at radius 3 is 1.69 bits per heavy atom. The van der Waals surface area contributed by atoms with Crippen LogP contribution in [0.2, 0.25) is 0 Å². The Labute approximate surface area is 341 Å². The average molecular weight is 775 g/mol. The summed E-state index contributed by atoms with van der Waals surface area (Å²) in [5.74, 6) is 0. The third-order valence-electron chi connectivity index (χ3n) is 12.6. The van der Waals surface area contributed by atoms with Gasteiger partial charge in [-0.25, -0.2) is 0 Å². The Morgan fingerprint density at radius 2 is 0.966 bits per heavy atom. The standard InChI is InChI=1S/C54H38N2SSi/c1-4-16-37(17-5-1)55-49-25-13-10-22-43(49)46-34-42(32-33-51(46)55)58(39-18-6-2-7-19-39,40-20-8-3-9-21-40)41-30-28-38(29-31-41)56-50-26-14-11-23-44(50)47-35-48-45-24-12-15-27-53(45)57-54(48)36-52(47)56/h1-8,10-20,22-36H,9,21H2. The molecule has 1 unspecified atom stereocenters. The molecule has 2 nitrogen and oxygen atoms in total. The van der Waals surface area contributed by atoms with E-state index in [9.17, 15) is 0 Å². The number of thiophene rings is 1. The van der Waals surface area contributed by atoms with Gasteiger partial charge in [0.15, 0.2) is 8.07 Å². The molecule has 1 aliphatic rings. The largest absolute Gasteiger partial charge is 0.309 e. The molecular weight excluding hydrogens is 737 g/mol. The van der Waals surface area contributed by atoms with Crippen molar-refractivity contribution in [1.82, 2.24) is 9.13 Å². The molecule has 11 aromatic rings. The van der Waals surface area contributed by atoms with Gasteiger partial charge in [0.2, 0.25) is 0 Å². The number of benzene rings is 8. The summed E-state index contributed by atoms with van der Waals surface area (Å²) in [4.78, 5) is 0. The molecule has 0 bridgehead atoms. The van der Waals surface area contributed by atoms with Gasteiger partial charge in [0, 0.05) is 53.1 Å². The van der Waals surface area contributed by atoms with E-state index in [0.29, 0.717) is 0 Å². The fourth-order valence-electron chi connectivity index (χ4n) is 10.0. The first kappa shape index (κ1) is 33.4. The minimum atomic E-state index is -2.77. The van der Waals surface area contributed by atoms with Gasteiger partial charge in [0.1, 0.15) is 0 Å². The summed E-state index contributed by atoms with van der Waals surface area (Å²) in [5, 5.41) is 13.6. The molecule has 58 heavy (non-hydrogen) atoms.